The van der Waals surface area contributed by atoms with Crippen LogP contribution in [0.25, 0.3) is 0 Å². The van der Waals surface area contributed by atoms with Gasteiger partial charge >= 0.3 is 18.9 Å². The molecule has 1 unspecified atom stereocenters. The Morgan fingerprint density at radius 1 is 0.667 bits per heavy atom. The minimum Gasteiger partial charge on any atom is -0.548 e. The van der Waals surface area contributed by atoms with Crippen LogP contribution in [0.1, 0.15) is 124 Å². The van der Waals surface area contributed by atoms with Crippen LogP contribution in [0.4, 0.5) is 0 Å². The molecule has 4 heteroatoms. The molecule has 0 aromatic carbocycles. The van der Waals surface area contributed by atoms with Crippen LogP contribution in [0.3, 0.4) is 0 Å². The average molecular weight is 376 g/mol. The number of unbranched alkanes of at least 4 members (excludes halogenated alkanes) is 12. The molecule has 3 nitrogen and oxygen atoms in total. The zero-order valence-electron chi connectivity index (χ0n) is 19.1. The van der Waals surface area contributed by atoms with E-state index in [-0.39, 0.29) is 24.9 Å². The maximum Gasteiger partial charge on any atom is 1.00 e. The molecule has 156 valence electrons. The number of aliphatic carboxylic acids is 1. The van der Waals surface area contributed by atoms with Crippen molar-refractivity contribution in [1.29, 1.82) is 0 Å². The van der Waals surface area contributed by atoms with Crippen LogP contribution < -0.4 is 24.0 Å². The fraction of sp³-hybridized carbons (Fsp3) is 0.957. The Labute approximate surface area is 182 Å². The Morgan fingerprint density at radius 3 is 1.44 bits per heavy atom. The molecule has 1 atom stereocenters. The van der Waals surface area contributed by atoms with Gasteiger partial charge in [0.1, 0.15) is 0 Å². The minimum atomic E-state index is -0.863. The Bertz CT molecular complexity index is 297. The average Bonchev–Trinajstić information content (AvgIpc) is 2.63. The van der Waals surface area contributed by atoms with E-state index >= 15 is 0 Å². The molecule has 0 amide bonds. The summed E-state index contributed by atoms with van der Waals surface area (Å²) in [5.41, 5.74) is 0. The van der Waals surface area contributed by atoms with Gasteiger partial charge in [-0.15, -0.1) is 0 Å². The van der Waals surface area contributed by atoms with Crippen LogP contribution in [0.5, 0.6) is 0 Å². The summed E-state index contributed by atoms with van der Waals surface area (Å²) in [6.07, 6.45) is 19.1. The minimum absolute atomic E-state index is 0. The van der Waals surface area contributed by atoms with Crippen LogP contribution in [0, 0.1) is 0 Å². The number of nitrogens with zero attached hydrogens (tertiary/aromatic N) is 1. The van der Waals surface area contributed by atoms with Gasteiger partial charge in [-0.25, -0.2) is 0 Å². The molecule has 0 saturated carbocycles. The van der Waals surface area contributed by atoms with Gasteiger partial charge in [-0.2, -0.15) is 0 Å². The van der Waals surface area contributed by atoms with Crippen molar-refractivity contribution < 1.29 is 28.8 Å². The number of hydrogen-bond donors (Lipinski definition) is 0. The van der Waals surface area contributed by atoms with Crippen LogP contribution in [0.15, 0.2) is 0 Å². The molecule has 0 aliphatic heterocycles. The molecule has 0 N–H and O–H groups in total. The number of carbonyl (C=O) groups is 1. The Kier molecular flexibility index (Phi) is 24.2. The van der Waals surface area contributed by atoms with E-state index in [1.54, 1.807) is 0 Å². The van der Waals surface area contributed by atoms with Gasteiger partial charge in [0, 0.05) is 6.04 Å². The predicted octanol–water partition coefficient (Wildman–Crippen LogP) is 2.71. The second-order valence-electron chi connectivity index (χ2n) is 7.90. The van der Waals surface area contributed by atoms with Gasteiger partial charge in [0.2, 0.25) is 0 Å². The maximum atomic E-state index is 11.7. The smallest absolute Gasteiger partial charge is 0.548 e. The van der Waals surface area contributed by atoms with Crippen molar-refractivity contribution in [3.63, 3.8) is 0 Å². The molecular formula is C23H46LiNO2. The third-order valence-corrected chi connectivity index (χ3v) is 5.39. The van der Waals surface area contributed by atoms with E-state index in [2.05, 4.69) is 25.7 Å². The second kappa shape index (κ2) is 22.3. The van der Waals surface area contributed by atoms with Crippen molar-refractivity contribution in [2.24, 2.45) is 0 Å². The summed E-state index contributed by atoms with van der Waals surface area (Å²) in [5, 5.41) is 11.7. The first-order valence-electron chi connectivity index (χ1n) is 11.6. The molecule has 0 spiro atoms. The third kappa shape index (κ3) is 17.8. The summed E-state index contributed by atoms with van der Waals surface area (Å²) in [5.74, 6) is -0.863. The van der Waals surface area contributed by atoms with E-state index in [9.17, 15) is 9.90 Å². The van der Waals surface area contributed by atoms with Crippen molar-refractivity contribution in [3.8, 4) is 0 Å². The van der Waals surface area contributed by atoms with Crippen molar-refractivity contribution >= 4 is 5.97 Å². The zero-order valence-corrected chi connectivity index (χ0v) is 19.1. The quantitative estimate of drug-likeness (QED) is 0.243. The molecule has 0 aromatic heterocycles. The number of carbonyl (C=O) groups excluding carboxylic acids is 1. The Balaban J connectivity index is 0. The molecule has 0 heterocycles. The van der Waals surface area contributed by atoms with E-state index in [0.29, 0.717) is 0 Å². The first-order chi connectivity index (χ1) is 12.7. The van der Waals surface area contributed by atoms with Crippen molar-refractivity contribution in [2.45, 2.75) is 130 Å². The first kappa shape index (κ1) is 29.2. The van der Waals surface area contributed by atoms with Gasteiger partial charge in [-0.3, -0.25) is 4.90 Å². The van der Waals surface area contributed by atoms with E-state index < -0.39 is 5.97 Å². The largest absolute Gasteiger partial charge is 1.00 e. The molecular weight excluding hydrogens is 329 g/mol. The van der Waals surface area contributed by atoms with Gasteiger partial charge in [-0.1, -0.05) is 104 Å². The zero-order chi connectivity index (χ0) is 19.5. The Hall–Kier alpha value is 0.0274. The molecule has 0 aromatic rings. The van der Waals surface area contributed by atoms with Crippen LogP contribution in [-0.4, -0.2) is 30.0 Å². The topological polar surface area (TPSA) is 43.4 Å². The fourth-order valence-electron chi connectivity index (χ4n) is 3.65. The standard InChI is InChI=1S/C23H47NO2.Li/c1-4-7-10-12-14-17-20-24(21-18-15-13-11-8-5-2)22(23(25)26)19-16-9-6-3;/h22H,4-21H2,1-3H3,(H,25,26);/q;+1/p-1. The fourth-order valence-corrected chi connectivity index (χ4v) is 3.65. The number of carboxylic acids is 1. The molecule has 0 rings (SSSR count). The van der Waals surface area contributed by atoms with Crippen molar-refractivity contribution in [2.75, 3.05) is 13.1 Å². The normalized spacial score (nSPS) is 12.1. The third-order valence-electron chi connectivity index (χ3n) is 5.39. The van der Waals surface area contributed by atoms with Crippen LogP contribution >= 0.6 is 0 Å². The van der Waals surface area contributed by atoms with Gasteiger partial charge in [0.25, 0.3) is 0 Å². The molecule has 27 heavy (non-hydrogen) atoms. The van der Waals surface area contributed by atoms with Gasteiger partial charge in [0.05, 0.1) is 5.97 Å². The molecule has 0 saturated heterocycles. The van der Waals surface area contributed by atoms with E-state index in [1.165, 1.54) is 64.2 Å². The molecule has 0 aliphatic carbocycles. The number of hydrogen-bond acceptors (Lipinski definition) is 3. The first-order valence-corrected chi connectivity index (χ1v) is 11.6. The van der Waals surface area contributed by atoms with E-state index in [0.717, 1.165) is 51.6 Å². The summed E-state index contributed by atoms with van der Waals surface area (Å²) in [4.78, 5) is 14.0. The molecule has 0 bridgehead atoms. The molecule has 0 radical (unpaired) electrons. The van der Waals surface area contributed by atoms with Gasteiger partial charge in [-0.05, 0) is 32.4 Å². The summed E-state index contributed by atoms with van der Waals surface area (Å²) >= 11 is 0. The Morgan fingerprint density at radius 2 is 1.04 bits per heavy atom. The SMILES string of the molecule is CCCCCCCCN(CCCCCCCC)C(CCCCC)C(=O)[O-].[Li+]. The molecule has 0 fully saturated rings. The maximum absolute atomic E-state index is 11.7. The van der Waals surface area contributed by atoms with E-state index in [1.807, 2.05) is 0 Å². The van der Waals surface area contributed by atoms with E-state index in [4.69, 9.17) is 0 Å². The summed E-state index contributed by atoms with van der Waals surface area (Å²) in [7, 11) is 0. The van der Waals surface area contributed by atoms with Crippen molar-refractivity contribution in [1.82, 2.24) is 4.90 Å². The second-order valence-corrected chi connectivity index (χ2v) is 7.90. The van der Waals surface area contributed by atoms with Crippen molar-refractivity contribution in [3.05, 3.63) is 0 Å². The van der Waals surface area contributed by atoms with Gasteiger partial charge in [0.15, 0.2) is 0 Å². The summed E-state index contributed by atoms with van der Waals surface area (Å²) in [6.45, 7) is 8.49. The van der Waals surface area contributed by atoms with Gasteiger partial charge < -0.3 is 9.90 Å². The summed E-state index contributed by atoms with van der Waals surface area (Å²) in [6, 6.07) is -0.382. The molecule has 0 aliphatic rings. The summed E-state index contributed by atoms with van der Waals surface area (Å²) < 4.78 is 0. The predicted molar refractivity (Wildman–Crippen MR) is 111 cm³/mol. The monoisotopic (exact) mass is 375 g/mol. The van der Waals surface area contributed by atoms with Crippen LogP contribution in [0.2, 0.25) is 0 Å². The van der Waals surface area contributed by atoms with Crippen LogP contribution in [-0.2, 0) is 4.79 Å². The number of carboxylic acid groups (broad SMARTS) is 1. The number of rotatable bonds is 20.